The van der Waals surface area contributed by atoms with Crippen molar-refractivity contribution in [3.05, 3.63) is 152 Å². The topological polar surface area (TPSA) is 301 Å². The largest absolute Gasteiger partial charge is 0.530 e. The summed E-state index contributed by atoms with van der Waals surface area (Å²) in [6.45, 7) is 7.41. The van der Waals surface area contributed by atoms with E-state index < -0.39 is 93.0 Å². The Hall–Kier alpha value is -5.08. The summed E-state index contributed by atoms with van der Waals surface area (Å²) in [5, 5.41) is 21.2. The molecule has 6 unspecified atom stereocenters. The Morgan fingerprint density at radius 1 is 0.713 bits per heavy atom. The second-order valence-electron chi connectivity index (χ2n) is 20.1. The van der Waals surface area contributed by atoms with E-state index in [1.807, 2.05) is 58.2 Å². The van der Waals surface area contributed by atoms with Gasteiger partial charge in [-0.05, 0) is 88.1 Å². The maximum Gasteiger partial charge on any atom is 0.530 e. The number of hydrogen-bond donors (Lipinski definition) is 3. The molecule has 28 heteroatoms. The molecule has 24 nitrogen and oxygen atoms in total. The Morgan fingerprint density at radius 2 is 1.18 bits per heavy atom. The van der Waals surface area contributed by atoms with Crippen molar-refractivity contribution >= 4 is 56.3 Å². The van der Waals surface area contributed by atoms with Crippen LogP contribution in [0.2, 0.25) is 10.0 Å². The number of hydrogen-bond acceptors (Lipinski definition) is 21. The molecule has 432 valence electrons. The molecule has 11 rings (SSSR count). The van der Waals surface area contributed by atoms with Crippen LogP contribution in [0.5, 0.6) is 5.75 Å². The van der Waals surface area contributed by atoms with Gasteiger partial charge in [0.1, 0.15) is 42.4 Å². The lowest BCUT2D eigenvalue weighted by molar-refractivity contribution is -0.384. The SMILES string of the molecule is CC1(C)O[C@@H]2[C@H](O1)C(CO)O[C@H]2N1C=CCC(C(N)=O)=C1.CC1(C)O[C@@H]2[C@H](O1)C(COP1(=O)OCCC(c3cccc(Cl)c3)O1)O[C@H]2N1C=CCC(C(N)=O)=C1.O=[N+]([O-])c1ccc(OP2(=O)OCCC(c3cccc(Cl)c3)O2)cc1. The van der Waals surface area contributed by atoms with Crippen LogP contribution in [0, 0.1) is 10.1 Å². The Morgan fingerprint density at radius 3 is 1.65 bits per heavy atom. The normalized spacial score (nSPS) is 32.7. The molecule has 12 atom stereocenters. The summed E-state index contributed by atoms with van der Waals surface area (Å²) >= 11 is 12.1. The quantitative estimate of drug-likeness (QED) is 0.0820. The van der Waals surface area contributed by atoms with Crippen molar-refractivity contribution in [3.8, 4) is 5.75 Å². The number of nitrogens with two attached hydrogens (primary N) is 2. The van der Waals surface area contributed by atoms with E-state index in [4.69, 9.17) is 90.2 Å². The fraction of sp³-hybridized carbons (Fsp3) is 0.462. The highest BCUT2D eigenvalue weighted by Gasteiger charge is 2.58. The van der Waals surface area contributed by atoms with Crippen LogP contribution in [0.3, 0.4) is 0 Å². The lowest BCUT2D eigenvalue weighted by atomic mass is 10.1. The zero-order chi connectivity index (χ0) is 57.1. The maximum atomic E-state index is 13.3. The van der Waals surface area contributed by atoms with Gasteiger partial charge in [0.25, 0.3) is 5.69 Å². The second kappa shape index (κ2) is 24.8. The molecular weight excluding hydrogens is 1130 g/mol. The Kier molecular flexibility index (Phi) is 18.4. The number of halogens is 2. The van der Waals surface area contributed by atoms with Crippen molar-refractivity contribution in [2.45, 2.75) is 126 Å². The highest BCUT2D eigenvalue weighted by molar-refractivity contribution is 7.49. The molecule has 5 N–H and O–H groups in total. The fourth-order valence-corrected chi connectivity index (χ4v) is 13.0. The summed E-state index contributed by atoms with van der Waals surface area (Å²) in [4.78, 5) is 36.6. The highest BCUT2D eigenvalue weighted by Crippen LogP contribution is 2.58. The van der Waals surface area contributed by atoms with Crippen LogP contribution in [-0.4, -0.2) is 119 Å². The van der Waals surface area contributed by atoms with Crippen molar-refractivity contribution in [1.82, 2.24) is 9.80 Å². The van der Waals surface area contributed by atoms with Crippen LogP contribution >= 0.6 is 38.8 Å². The number of aliphatic hydroxyl groups is 1. The summed E-state index contributed by atoms with van der Waals surface area (Å²) in [6.07, 6.45) is 7.80. The first kappa shape index (κ1) is 59.5. The smallest absolute Gasteiger partial charge is 0.404 e. The Labute approximate surface area is 470 Å². The molecule has 8 heterocycles. The van der Waals surface area contributed by atoms with Gasteiger partial charge in [0, 0.05) is 71.0 Å². The first-order valence-electron chi connectivity index (χ1n) is 25.5. The number of allylic oxidation sites excluding steroid dienone is 2. The number of non-ortho nitro benzene ring substituents is 1. The van der Waals surface area contributed by atoms with E-state index in [1.54, 1.807) is 64.8 Å². The van der Waals surface area contributed by atoms with Crippen molar-refractivity contribution in [1.29, 1.82) is 0 Å². The number of ether oxygens (including phenoxy) is 6. The average Bonchev–Trinajstić information content (AvgIpc) is 4.29. The number of benzene rings is 3. The fourth-order valence-electron chi connectivity index (χ4n) is 9.81. The number of rotatable bonds is 13. The number of aliphatic hydroxyl groups excluding tert-OH is 1. The minimum absolute atomic E-state index is 0.0945. The number of primary amides is 2. The number of nitro groups is 1. The Balaban J connectivity index is 0.000000151. The van der Waals surface area contributed by atoms with Crippen molar-refractivity contribution in [2.24, 2.45) is 11.5 Å². The monoisotopic (exact) mass is 1190 g/mol. The summed E-state index contributed by atoms with van der Waals surface area (Å²) in [5.41, 5.74) is 13.2. The number of nitrogens with zero attached hydrogens (tertiary/aromatic N) is 3. The molecule has 0 aliphatic carbocycles. The van der Waals surface area contributed by atoms with Crippen LogP contribution in [0.25, 0.3) is 0 Å². The molecule has 0 saturated carbocycles. The van der Waals surface area contributed by atoms with Gasteiger partial charge < -0.3 is 59.3 Å². The summed E-state index contributed by atoms with van der Waals surface area (Å²) in [5.74, 6) is -2.38. The van der Waals surface area contributed by atoms with Gasteiger partial charge in [-0.1, -0.05) is 59.6 Å². The lowest BCUT2D eigenvalue weighted by Gasteiger charge is -2.32. The van der Waals surface area contributed by atoms with Crippen LogP contribution in [0.1, 0.15) is 76.7 Å². The predicted octanol–water partition coefficient (Wildman–Crippen LogP) is 8.50. The van der Waals surface area contributed by atoms with Gasteiger partial charge in [0.15, 0.2) is 24.0 Å². The zero-order valence-electron chi connectivity index (χ0n) is 43.8. The maximum absolute atomic E-state index is 13.3. The van der Waals surface area contributed by atoms with Gasteiger partial charge >= 0.3 is 15.6 Å². The highest BCUT2D eigenvalue weighted by atomic mass is 35.5. The molecule has 80 heavy (non-hydrogen) atoms. The van der Waals surface area contributed by atoms with Crippen molar-refractivity contribution in [3.63, 3.8) is 0 Å². The molecule has 0 aromatic heterocycles. The standard InChI is InChI=1S/C23H28ClN2O8P.C15H13ClNO6P.C14H20N2O5/c1-23(2)32-19-18(31-22(20(19)33-23)26-9-4-6-15(12-26)21(25)27)13-30-35(28)29-10-8-17(34-35)14-5-3-7-16(24)11-14;16-12-3-1-2-11(10-12)15-8-9-21-24(20,23-15)22-14-6-4-13(5-7-14)17(18)19;1-14(2)20-10-9(7-17)19-13(11(10)21-14)16-5-3-4-8(6-16)12(15)18/h3-5,7,9,11-12,17-20,22H,6,8,10,13H2,1-2H3,(H2,25,27);1-7,10,15H,8-9H2;3,5-6,9-11,13,17H,4,7H2,1-2H3,(H2,15,18)/t17?,18?,19-,20-,22-,35?;;9?,10-,11-,13-/m1.1/s1. The third-order valence-corrected chi connectivity index (χ3v) is 16.8. The van der Waals surface area contributed by atoms with E-state index >= 15 is 0 Å². The molecule has 8 aliphatic rings. The number of phosphoric ester groups is 2. The minimum atomic E-state index is -3.87. The minimum Gasteiger partial charge on any atom is -0.404 e. The van der Waals surface area contributed by atoms with Gasteiger partial charge in [-0.25, -0.2) is 9.13 Å². The zero-order valence-corrected chi connectivity index (χ0v) is 47.1. The number of nitro benzene ring substituents is 1. The van der Waals surface area contributed by atoms with Gasteiger partial charge in [0.05, 0.1) is 43.6 Å². The molecule has 0 spiro atoms. The van der Waals surface area contributed by atoms with E-state index in [0.29, 0.717) is 46.9 Å². The van der Waals surface area contributed by atoms with Crippen LogP contribution in [0.4, 0.5) is 5.69 Å². The van der Waals surface area contributed by atoms with E-state index in [9.17, 15) is 33.9 Å². The molecular formula is C52H61Cl2N5O19P2. The van der Waals surface area contributed by atoms with E-state index in [0.717, 1.165) is 11.1 Å². The molecule has 0 radical (unpaired) electrons. The number of carbonyl (C=O) groups excluding carboxylic acids is 2. The second-order valence-corrected chi connectivity index (χ2v) is 24.2. The number of phosphoric acid groups is 2. The van der Waals surface area contributed by atoms with Gasteiger partial charge in [-0.2, -0.15) is 0 Å². The first-order chi connectivity index (χ1) is 38.0. The predicted molar refractivity (Wildman–Crippen MR) is 284 cm³/mol. The molecule has 6 saturated heterocycles. The van der Waals surface area contributed by atoms with Gasteiger partial charge in [-0.15, -0.1) is 0 Å². The summed E-state index contributed by atoms with van der Waals surface area (Å²) in [6, 6.07) is 19.4. The number of amides is 2. The van der Waals surface area contributed by atoms with Gasteiger partial charge in [0.2, 0.25) is 11.8 Å². The first-order valence-corrected chi connectivity index (χ1v) is 29.1. The Bertz CT molecular complexity index is 3000. The van der Waals surface area contributed by atoms with Crippen molar-refractivity contribution < 1.29 is 84.3 Å². The summed E-state index contributed by atoms with van der Waals surface area (Å²) in [7, 11) is -7.69. The summed E-state index contributed by atoms with van der Waals surface area (Å²) < 4.78 is 94.7. The molecule has 3 aromatic carbocycles. The molecule has 8 aliphatic heterocycles. The lowest BCUT2D eigenvalue weighted by Crippen LogP contribution is -2.40. The van der Waals surface area contributed by atoms with Crippen molar-refractivity contribution in [2.75, 3.05) is 26.4 Å². The molecule has 6 fully saturated rings. The van der Waals surface area contributed by atoms with E-state index in [1.165, 1.54) is 24.3 Å². The third kappa shape index (κ3) is 14.4. The molecule has 0 bridgehead atoms. The third-order valence-electron chi connectivity index (χ3n) is 13.4. The average molecular weight is 1190 g/mol. The number of carbonyl (C=O) groups is 2. The van der Waals surface area contributed by atoms with Gasteiger partial charge in [-0.3, -0.25) is 42.3 Å². The van der Waals surface area contributed by atoms with E-state index in [-0.39, 0.29) is 50.1 Å². The van der Waals surface area contributed by atoms with Crippen LogP contribution in [-0.2, 0) is 69.8 Å². The van der Waals surface area contributed by atoms with E-state index in [2.05, 4.69) is 0 Å². The van der Waals surface area contributed by atoms with Crippen LogP contribution in [0.15, 0.2) is 121 Å². The number of fused-ring (bicyclic) bond motifs is 2. The van der Waals surface area contributed by atoms with Crippen LogP contribution < -0.4 is 16.0 Å². The molecule has 3 aromatic rings. The molecule has 2 amide bonds.